The summed E-state index contributed by atoms with van der Waals surface area (Å²) in [6, 6.07) is -1.91. The van der Waals surface area contributed by atoms with Gasteiger partial charge in [-0.25, -0.2) is 4.79 Å². The van der Waals surface area contributed by atoms with Crippen LogP contribution in [0, 0.1) is 12.3 Å². The van der Waals surface area contributed by atoms with Crippen LogP contribution in [-0.4, -0.2) is 51.7 Å². The minimum absolute atomic E-state index is 0.00588. The fourth-order valence-corrected chi connectivity index (χ4v) is 1.72. The first-order valence-corrected chi connectivity index (χ1v) is 4.87. The molecule has 1 aliphatic rings. The molecule has 3 atom stereocenters. The van der Waals surface area contributed by atoms with E-state index in [1.807, 2.05) is 0 Å². The van der Waals surface area contributed by atoms with Crippen molar-refractivity contribution in [3.63, 3.8) is 0 Å². The Balaban J connectivity index is 2.75. The van der Waals surface area contributed by atoms with Crippen molar-refractivity contribution in [3.05, 3.63) is 0 Å². The number of aliphatic hydroxyl groups is 1. The molecule has 3 unspecified atom stereocenters. The van der Waals surface area contributed by atoms with Crippen LogP contribution in [0.25, 0.3) is 0 Å². The third-order valence-electron chi connectivity index (χ3n) is 2.50. The number of amides is 1. The van der Waals surface area contributed by atoms with Gasteiger partial charge < -0.3 is 20.8 Å². The van der Waals surface area contributed by atoms with Gasteiger partial charge in [-0.1, -0.05) is 0 Å². The number of nitrogens with zero attached hydrogens (tertiary/aromatic N) is 1. The number of hydrogen-bond acceptors (Lipinski definition) is 4. The number of hydrogen-bond donors (Lipinski definition) is 3. The maximum absolute atomic E-state index is 11.7. The number of aliphatic carboxylic acids is 1. The van der Waals surface area contributed by atoms with E-state index in [4.69, 9.17) is 17.3 Å². The Morgan fingerprint density at radius 3 is 2.75 bits per heavy atom. The van der Waals surface area contributed by atoms with Crippen LogP contribution in [0.5, 0.6) is 0 Å². The lowest BCUT2D eigenvalue weighted by molar-refractivity contribution is -0.148. The second-order valence-corrected chi connectivity index (χ2v) is 3.75. The summed E-state index contributed by atoms with van der Waals surface area (Å²) in [4.78, 5) is 23.7. The Morgan fingerprint density at radius 2 is 2.25 bits per heavy atom. The first-order chi connectivity index (χ1) is 7.47. The minimum atomic E-state index is -1.14. The predicted molar refractivity (Wildman–Crippen MR) is 55.2 cm³/mol. The minimum Gasteiger partial charge on any atom is -0.480 e. The average Bonchev–Trinajstić information content (AvgIpc) is 2.59. The van der Waals surface area contributed by atoms with Gasteiger partial charge in [0.15, 0.2) is 0 Å². The van der Waals surface area contributed by atoms with Gasteiger partial charge in [0.25, 0.3) is 0 Å². The fraction of sp³-hybridized carbons (Fsp3) is 0.600. The number of nitrogens with two attached hydrogens (primary N) is 1. The first kappa shape index (κ1) is 12.5. The summed E-state index contributed by atoms with van der Waals surface area (Å²) in [7, 11) is 0. The SMILES string of the molecule is C#CCC(N)C(=O)N1CC(O)CC1C(=O)O. The third-order valence-corrected chi connectivity index (χ3v) is 2.50. The van der Waals surface area contributed by atoms with Crippen molar-refractivity contribution in [2.75, 3.05) is 6.54 Å². The molecule has 1 fully saturated rings. The molecule has 4 N–H and O–H groups in total. The van der Waals surface area contributed by atoms with Gasteiger partial charge in [-0.3, -0.25) is 4.79 Å². The van der Waals surface area contributed by atoms with Crippen LogP contribution in [0.15, 0.2) is 0 Å². The normalized spacial score (nSPS) is 26.2. The standard InChI is InChI=1S/C10H14N2O4/c1-2-3-7(11)9(14)12-5-6(13)4-8(12)10(15)16/h1,6-8,13H,3-5,11H2,(H,15,16). The van der Waals surface area contributed by atoms with Gasteiger partial charge in [-0.15, -0.1) is 12.3 Å². The van der Waals surface area contributed by atoms with Crippen molar-refractivity contribution in [2.45, 2.75) is 31.0 Å². The Bertz CT molecular complexity index is 336. The summed E-state index contributed by atoms with van der Waals surface area (Å²) < 4.78 is 0. The Labute approximate surface area is 93.0 Å². The summed E-state index contributed by atoms with van der Waals surface area (Å²) in [6.45, 7) is -0.00588. The van der Waals surface area contributed by atoms with Crippen LogP contribution in [0.3, 0.4) is 0 Å². The third kappa shape index (κ3) is 2.51. The monoisotopic (exact) mass is 226 g/mol. The van der Waals surface area contributed by atoms with Gasteiger partial charge in [-0.05, 0) is 0 Å². The summed E-state index contributed by atoms with van der Waals surface area (Å²) in [6.07, 6.45) is 4.29. The molecule has 0 aromatic rings. The molecule has 1 amide bonds. The van der Waals surface area contributed by atoms with Crippen molar-refractivity contribution < 1.29 is 19.8 Å². The molecule has 16 heavy (non-hydrogen) atoms. The quantitative estimate of drug-likeness (QED) is 0.502. The molecule has 6 nitrogen and oxygen atoms in total. The summed E-state index contributed by atoms with van der Waals surface area (Å²) >= 11 is 0. The van der Waals surface area contributed by atoms with Crippen molar-refractivity contribution >= 4 is 11.9 Å². The number of rotatable bonds is 3. The fourth-order valence-electron chi connectivity index (χ4n) is 1.72. The van der Waals surface area contributed by atoms with Crippen molar-refractivity contribution in [2.24, 2.45) is 5.73 Å². The number of β-amino-alcohol motifs (C(OH)–C–C–N with tert-alkyl or cyclic N) is 1. The zero-order valence-electron chi connectivity index (χ0n) is 8.67. The highest BCUT2D eigenvalue weighted by Crippen LogP contribution is 2.19. The van der Waals surface area contributed by atoms with Crippen molar-refractivity contribution in [3.8, 4) is 12.3 Å². The molecule has 0 spiro atoms. The van der Waals surface area contributed by atoms with Gasteiger partial charge in [0.2, 0.25) is 5.91 Å². The summed E-state index contributed by atoms with van der Waals surface area (Å²) in [5.41, 5.74) is 5.51. The molecule has 1 rings (SSSR count). The average molecular weight is 226 g/mol. The molecule has 0 radical (unpaired) electrons. The van der Waals surface area contributed by atoms with Crippen LogP contribution >= 0.6 is 0 Å². The van der Waals surface area contributed by atoms with Crippen molar-refractivity contribution in [1.82, 2.24) is 4.90 Å². The highest BCUT2D eigenvalue weighted by Gasteiger charge is 2.40. The Morgan fingerprint density at radius 1 is 1.62 bits per heavy atom. The van der Waals surface area contributed by atoms with Gasteiger partial charge in [0.05, 0.1) is 12.1 Å². The number of carboxylic acid groups (broad SMARTS) is 1. The van der Waals surface area contributed by atoms with E-state index < -0.39 is 30.1 Å². The van der Waals surface area contributed by atoms with Crippen LogP contribution < -0.4 is 5.73 Å². The zero-order valence-corrected chi connectivity index (χ0v) is 8.67. The van der Waals surface area contributed by atoms with Crippen LogP contribution in [0.1, 0.15) is 12.8 Å². The van der Waals surface area contributed by atoms with Crippen molar-refractivity contribution in [1.29, 1.82) is 0 Å². The number of carbonyl (C=O) groups excluding carboxylic acids is 1. The lowest BCUT2D eigenvalue weighted by atomic mass is 10.1. The summed E-state index contributed by atoms with van der Waals surface area (Å²) in [5, 5.41) is 18.2. The van der Waals surface area contributed by atoms with E-state index in [0.717, 1.165) is 4.90 Å². The highest BCUT2D eigenvalue weighted by atomic mass is 16.4. The molecule has 0 bridgehead atoms. The smallest absolute Gasteiger partial charge is 0.326 e. The van der Waals surface area contributed by atoms with Crippen LogP contribution in [0.4, 0.5) is 0 Å². The molecular formula is C10H14N2O4. The van der Waals surface area contributed by atoms with E-state index in [0.29, 0.717) is 0 Å². The van der Waals surface area contributed by atoms with E-state index in [1.165, 1.54) is 0 Å². The maximum Gasteiger partial charge on any atom is 0.326 e. The number of carbonyl (C=O) groups is 2. The van der Waals surface area contributed by atoms with Gasteiger partial charge >= 0.3 is 5.97 Å². The number of terminal acetylenes is 1. The highest BCUT2D eigenvalue weighted by molar-refractivity contribution is 5.87. The molecule has 0 aromatic heterocycles. The Kier molecular flexibility index (Phi) is 3.88. The number of aliphatic hydroxyl groups excluding tert-OH is 1. The second-order valence-electron chi connectivity index (χ2n) is 3.75. The van der Waals surface area contributed by atoms with E-state index in [2.05, 4.69) is 5.92 Å². The maximum atomic E-state index is 11.7. The molecule has 0 aromatic carbocycles. The number of likely N-dealkylation sites (tertiary alicyclic amines) is 1. The van der Waals surface area contributed by atoms with E-state index in [-0.39, 0.29) is 19.4 Å². The lowest BCUT2D eigenvalue weighted by Gasteiger charge is -2.23. The van der Waals surface area contributed by atoms with E-state index in [9.17, 15) is 14.7 Å². The number of carboxylic acids is 1. The molecule has 6 heteroatoms. The Hall–Kier alpha value is -1.58. The lowest BCUT2D eigenvalue weighted by Crippen LogP contribution is -2.48. The van der Waals surface area contributed by atoms with Crippen LogP contribution in [0.2, 0.25) is 0 Å². The van der Waals surface area contributed by atoms with Gasteiger partial charge in [-0.2, -0.15) is 0 Å². The summed E-state index contributed by atoms with van der Waals surface area (Å²) in [5.74, 6) is 0.578. The first-order valence-electron chi connectivity index (χ1n) is 4.87. The zero-order chi connectivity index (χ0) is 12.3. The molecule has 88 valence electrons. The topological polar surface area (TPSA) is 104 Å². The molecule has 1 heterocycles. The van der Waals surface area contributed by atoms with Gasteiger partial charge in [0, 0.05) is 19.4 Å². The van der Waals surface area contributed by atoms with E-state index in [1.54, 1.807) is 0 Å². The molecule has 1 saturated heterocycles. The van der Waals surface area contributed by atoms with Gasteiger partial charge in [0.1, 0.15) is 6.04 Å². The molecule has 1 aliphatic heterocycles. The molecule has 0 aliphatic carbocycles. The largest absolute Gasteiger partial charge is 0.480 e. The molecule has 0 saturated carbocycles. The predicted octanol–water partition coefficient (Wildman–Crippen LogP) is -1.62. The van der Waals surface area contributed by atoms with E-state index >= 15 is 0 Å². The molecular weight excluding hydrogens is 212 g/mol. The second kappa shape index (κ2) is 4.96. The van der Waals surface area contributed by atoms with Crippen LogP contribution in [-0.2, 0) is 9.59 Å².